The molecule has 2 aromatic carbocycles. The zero-order chi connectivity index (χ0) is 22.7. The molecule has 0 bridgehead atoms. The Morgan fingerprint density at radius 1 is 1.03 bits per heavy atom. The molecule has 6 nitrogen and oxygen atoms in total. The summed E-state index contributed by atoms with van der Waals surface area (Å²) < 4.78 is 6.97. The van der Waals surface area contributed by atoms with Gasteiger partial charge in [-0.25, -0.2) is 4.98 Å². The molecule has 1 aliphatic rings. The van der Waals surface area contributed by atoms with Crippen molar-refractivity contribution in [2.24, 2.45) is 0 Å². The second kappa shape index (κ2) is 7.35. The SMILES string of the molecule is CC(C)c1ccc2nc(N3C(=O)c4oc5ccccc5c(=O)c4[C@H]3c3ccccn3)sc2c1. The molecule has 1 aliphatic heterocycles. The van der Waals surface area contributed by atoms with Crippen molar-refractivity contribution in [1.82, 2.24) is 9.97 Å². The number of nitrogens with zero attached hydrogens (tertiary/aromatic N) is 3. The minimum absolute atomic E-state index is 0.0523. The van der Waals surface area contributed by atoms with Crippen LogP contribution in [0.25, 0.3) is 21.2 Å². The Balaban J connectivity index is 1.60. The molecule has 1 atom stereocenters. The maximum atomic E-state index is 13.7. The summed E-state index contributed by atoms with van der Waals surface area (Å²) in [6, 6.07) is 17.9. The quantitative estimate of drug-likeness (QED) is 0.352. The van der Waals surface area contributed by atoms with Gasteiger partial charge in [-0.05, 0) is 47.9 Å². The molecule has 6 rings (SSSR count). The van der Waals surface area contributed by atoms with Crippen LogP contribution in [0, 0.1) is 0 Å². The molecular formula is C26H19N3O3S. The lowest BCUT2D eigenvalue weighted by molar-refractivity contribution is 0.0970. The minimum Gasteiger partial charge on any atom is -0.450 e. The van der Waals surface area contributed by atoms with E-state index in [0.29, 0.717) is 33.3 Å². The third kappa shape index (κ3) is 3.00. The maximum Gasteiger partial charge on any atom is 0.297 e. The van der Waals surface area contributed by atoms with Crippen LogP contribution >= 0.6 is 11.3 Å². The highest BCUT2D eigenvalue weighted by Crippen LogP contribution is 2.43. The average Bonchev–Trinajstić information content (AvgIpc) is 3.38. The second-order valence-electron chi connectivity index (χ2n) is 8.38. The van der Waals surface area contributed by atoms with Crippen LogP contribution in [0.5, 0.6) is 0 Å². The van der Waals surface area contributed by atoms with Crippen LogP contribution in [-0.4, -0.2) is 15.9 Å². The molecule has 0 radical (unpaired) electrons. The van der Waals surface area contributed by atoms with E-state index in [-0.39, 0.29) is 17.1 Å². The Morgan fingerprint density at radius 2 is 1.85 bits per heavy atom. The minimum atomic E-state index is -0.709. The summed E-state index contributed by atoms with van der Waals surface area (Å²) in [5.74, 6) is 0.0521. The number of anilines is 1. The van der Waals surface area contributed by atoms with E-state index >= 15 is 0 Å². The molecule has 1 amide bonds. The Morgan fingerprint density at radius 3 is 2.64 bits per heavy atom. The number of thiazole rings is 1. The van der Waals surface area contributed by atoms with Gasteiger partial charge in [0.05, 0.1) is 26.9 Å². The van der Waals surface area contributed by atoms with Gasteiger partial charge in [-0.3, -0.25) is 19.5 Å². The Kier molecular flexibility index (Phi) is 4.41. The van der Waals surface area contributed by atoms with Gasteiger partial charge in [0.2, 0.25) is 5.76 Å². The van der Waals surface area contributed by atoms with E-state index in [9.17, 15) is 9.59 Å². The summed E-state index contributed by atoms with van der Waals surface area (Å²) in [5, 5.41) is 0.958. The van der Waals surface area contributed by atoms with Gasteiger partial charge in [0, 0.05) is 6.20 Å². The van der Waals surface area contributed by atoms with E-state index in [1.165, 1.54) is 16.9 Å². The highest BCUT2D eigenvalue weighted by atomic mass is 32.1. The first-order valence-electron chi connectivity index (χ1n) is 10.7. The molecule has 0 spiro atoms. The van der Waals surface area contributed by atoms with Crippen LogP contribution in [0.15, 0.2) is 76.1 Å². The molecule has 0 N–H and O–H groups in total. The third-order valence-electron chi connectivity index (χ3n) is 6.02. The first-order valence-corrected chi connectivity index (χ1v) is 11.6. The number of hydrogen-bond donors (Lipinski definition) is 0. The average molecular weight is 454 g/mol. The fourth-order valence-corrected chi connectivity index (χ4v) is 5.37. The van der Waals surface area contributed by atoms with Crippen LogP contribution in [0.3, 0.4) is 0 Å². The maximum absolute atomic E-state index is 13.7. The van der Waals surface area contributed by atoms with Crippen molar-refractivity contribution < 1.29 is 9.21 Å². The lowest BCUT2D eigenvalue weighted by atomic mass is 10.0. The Bertz CT molecular complexity index is 1600. The van der Waals surface area contributed by atoms with Crippen LogP contribution in [0.2, 0.25) is 0 Å². The molecule has 0 aliphatic carbocycles. The van der Waals surface area contributed by atoms with Gasteiger partial charge in [0.15, 0.2) is 10.6 Å². The van der Waals surface area contributed by atoms with E-state index in [0.717, 1.165) is 10.2 Å². The molecule has 0 saturated carbocycles. The van der Waals surface area contributed by atoms with Crippen molar-refractivity contribution in [3.8, 4) is 0 Å². The zero-order valence-electron chi connectivity index (χ0n) is 18.0. The standard InChI is InChI=1S/C26H19N3O3S/c1-14(2)15-10-11-17-20(13-15)33-26(28-17)29-22(18-8-5-6-12-27-18)21-23(30)16-7-3-4-9-19(16)32-24(21)25(29)31/h3-14,22H,1-2H3/t22-/m1/s1. The lowest BCUT2D eigenvalue weighted by Crippen LogP contribution is -2.29. The van der Waals surface area contributed by atoms with Crippen LogP contribution < -0.4 is 10.3 Å². The van der Waals surface area contributed by atoms with Gasteiger partial charge >= 0.3 is 0 Å². The zero-order valence-corrected chi connectivity index (χ0v) is 18.8. The first kappa shape index (κ1) is 19.8. The predicted molar refractivity (Wildman–Crippen MR) is 129 cm³/mol. The largest absolute Gasteiger partial charge is 0.450 e. The molecule has 162 valence electrons. The van der Waals surface area contributed by atoms with Crippen molar-refractivity contribution in [2.75, 3.05) is 4.90 Å². The van der Waals surface area contributed by atoms with E-state index in [1.807, 2.05) is 18.2 Å². The molecular weight excluding hydrogens is 434 g/mol. The molecule has 5 aromatic rings. The molecule has 0 saturated heterocycles. The summed E-state index contributed by atoms with van der Waals surface area (Å²) in [5.41, 5.74) is 3.09. The summed E-state index contributed by atoms with van der Waals surface area (Å²) in [6.45, 7) is 4.28. The van der Waals surface area contributed by atoms with Crippen molar-refractivity contribution in [1.29, 1.82) is 0 Å². The number of pyridine rings is 1. The smallest absolute Gasteiger partial charge is 0.297 e. The molecule has 3 aromatic heterocycles. The molecule has 7 heteroatoms. The Hall–Kier alpha value is -3.84. The number of carbonyl (C=O) groups excluding carboxylic acids is 1. The molecule has 0 fully saturated rings. The highest BCUT2D eigenvalue weighted by Gasteiger charge is 2.45. The van der Waals surface area contributed by atoms with Crippen molar-refractivity contribution in [3.63, 3.8) is 0 Å². The monoisotopic (exact) mass is 453 g/mol. The van der Waals surface area contributed by atoms with Crippen LogP contribution in [0.4, 0.5) is 5.13 Å². The van der Waals surface area contributed by atoms with E-state index < -0.39 is 6.04 Å². The van der Waals surface area contributed by atoms with Crippen molar-refractivity contribution >= 4 is 43.6 Å². The number of para-hydroxylation sites is 1. The third-order valence-corrected chi connectivity index (χ3v) is 7.04. The van der Waals surface area contributed by atoms with Crippen LogP contribution in [0.1, 0.15) is 53.2 Å². The summed E-state index contributed by atoms with van der Waals surface area (Å²) >= 11 is 1.43. The number of aromatic nitrogens is 2. The Labute approximate surface area is 193 Å². The first-order chi connectivity index (χ1) is 16.0. The summed E-state index contributed by atoms with van der Waals surface area (Å²) in [7, 11) is 0. The van der Waals surface area contributed by atoms with E-state index in [1.54, 1.807) is 41.4 Å². The number of rotatable bonds is 3. The van der Waals surface area contributed by atoms with Gasteiger partial charge in [-0.15, -0.1) is 0 Å². The van der Waals surface area contributed by atoms with Gasteiger partial charge in [-0.2, -0.15) is 0 Å². The number of fused-ring (bicyclic) bond motifs is 3. The predicted octanol–water partition coefficient (Wildman–Crippen LogP) is 5.67. The fourth-order valence-electron chi connectivity index (χ4n) is 4.33. The second-order valence-corrected chi connectivity index (χ2v) is 9.39. The number of amides is 1. The lowest BCUT2D eigenvalue weighted by Gasteiger charge is -2.21. The number of benzene rings is 2. The fraction of sp³-hybridized carbons (Fsp3) is 0.154. The van der Waals surface area contributed by atoms with Gasteiger partial charge in [0.1, 0.15) is 11.6 Å². The topological polar surface area (TPSA) is 76.3 Å². The van der Waals surface area contributed by atoms with E-state index in [4.69, 9.17) is 9.40 Å². The number of hydrogen-bond acceptors (Lipinski definition) is 6. The number of carbonyl (C=O) groups is 1. The van der Waals surface area contributed by atoms with Gasteiger partial charge in [0.25, 0.3) is 5.91 Å². The molecule has 0 unspecified atom stereocenters. The van der Waals surface area contributed by atoms with Crippen molar-refractivity contribution in [2.45, 2.75) is 25.8 Å². The molecule has 33 heavy (non-hydrogen) atoms. The van der Waals surface area contributed by atoms with Gasteiger partial charge in [-0.1, -0.05) is 49.4 Å². The summed E-state index contributed by atoms with van der Waals surface area (Å²) in [6.07, 6.45) is 1.66. The van der Waals surface area contributed by atoms with E-state index in [2.05, 4.69) is 31.0 Å². The van der Waals surface area contributed by atoms with Crippen molar-refractivity contribution in [3.05, 3.63) is 99.7 Å². The van der Waals surface area contributed by atoms with Crippen LogP contribution in [-0.2, 0) is 0 Å². The highest BCUT2D eigenvalue weighted by molar-refractivity contribution is 7.22. The summed E-state index contributed by atoms with van der Waals surface area (Å²) in [4.78, 5) is 38.0. The van der Waals surface area contributed by atoms with Gasteiger partial charge < -0.3 is 4.42 Å². The normalized spacial score (nSPS) is 15.7. The molecule has 4 heterocycles.